The summed E-state index contributed by atoms with van der Waals surface area (Å²) in [4.78, 5) is 12.0. The second kappa shape index (κ2) is 7.11. The maximum Gasteiger partial charge on any atom is 0.262 e. The summed E-state index contributed by atoms with van der Waals surface area (Å²) in [7, 11) is 1.52. The molecule has 1 aromatic carbocycles. The number of anilines is 1. The van der Waals surface area contributed by atoms with Gasteiger partial charge in [-0.1, -0.05) is 19.3 Å². The first-order valence-corrected chi connectivity index (χ1v) is 10.0. The minimum atomic E-state index is -3.79. The van der Waals surface area contributed by atoms with Gasteiger partial charge in [-0.2, -0.15) is 0 Å². The highest BCUT2D eigenvalue weighted by atomic mass is 79.9. The highest BCUT2D eigenvalue weighted by Crippen LogP contribution is 2.29. The predicted molar refractivity (Wildman–Crippen MR) is 87.0 cm³/mol. The summed E-state index contributed by atoms with van der Waals surface area (Å²) >= 11 is 3.16. The number of benzene rings is 1. The third kappa shape index (κ3) is 4.97. The van der Waals surface area contributed by atoms with Gasteiger partial charge in [-0.15, -0.1) is 0 Å². The first kappa shape index (κ1) is 16.8. The monoisotopic (exact) mass is 393 g/mol. The van der Waals surface area contributed by atoms with Crippen LogP contribution in [-0.4, -0.2) is 14.3 Å². The van der Waals surface area contributed by atoms with Crippen LogP contribution in [0.2, 0.25) is 0 Å². The van der Waals surface area contributed by atoms with E-state index in [4.69, 9.17) is 10.7 Å². The summed E-state index contributed by atoms with van der Waals surface area (Å²) in [5.41, 5.74) is 0.562. The van der Waals surface area contributed by atoms with Crippen LogP contribution in [0.1, 0.15) is 38.5 Å². The Labute approximate surface area is 137 Å². The van der Waals surface area contributed by atoms with Crippen LogP contribution >= 0.6 is 26.6 Å². The third-order valence-corrected chi connectivity index (χ3v) is 5.98. The molecule has 0 aromatic heterocycles. The molecule has 1 aliphatic rings. The van der Waals surface area contributed by atoms with Gasteiger partial charge in [0.05, 0.1) is 4.90 Å². The molecule has 1 saturated carbocycles. The first-order chi connectivity index (χ1) is 9.86. The number of halogens is 2. The molecule has 1 aliphatic carbocycles. The molecule has 4 nitrogen and oxygen atoms in total. The second-order valence-corrected chi connectivity index (χ2v) is 8.73. The van der Waals surface area contributed by atoms with Gasteiger partial charge in [-0.3, -0.25) is 4.79 Å². The second-order valence-electron chi connectivity index (χ2n) is 5.34. The van der Waals surface area contributed by atoms with Gasteiger partial charge in [0.2, 0.25) is 5.91 Å². The molecule has 0 spiro atoms. The van der Waals surface area contributed by atoms with Crippen molar-refractivity contribution in [3.05, 3.63) is 22.7 Å². The zero-order chi connectivity index (χ0) is 15.5. The molecular weight excluding hydrogens is 378 g/mol. The Hall–Kier alpha value is -0.590. The molecule has 0 unspecified atom stereocenters. The van der Waals surface area contributed by atoms with E-state index in [0.29, 0.717) is 22.5 Å². The van der Waals surface area contributed by atoms with Crippen molar-refractivity contribution in [3.63, 3.8) is 0 Å². The number of hydrogen-bond acceptors (Lipinski definition) is 3. The Morgan fingerprint density at radius 1 is 1.29 bits per heavy atom. The van der Waals surface area contributed by atoms with E-state index in [1.54, 1.807) is 12.1 Å². The molecule has 1 fully saturated rings. The molecule has 21 heavy (non-hydrogen) atoms. The van der Waals surface area contributed by atoms with E-state index in [0.717, 1.165) is 12.8 Å². The van der Waals surface area contributed by atoms with Crippen LogP contribution in [0, 0.1) is 5.92 Å². The molecule has 2 rings (SSSR count). The molecular formula is C14H17BrClNO3S. The number of carbonyl (C=O) groups is 1. The van der Waals surface area contributed by atoms with Crippen molar-refractivity contribution in [2.45, 2.75) is 43.4 Å². The van der Waals surface area contributed by atoms with Gasteiger partial charge < -0.3 is 5.32 Å². The third-order valence-electron chi connectivity index (χ3n) is 3.68. The molecule has 1 amide bonds. The van der Waals surface area contributed by atoms with E-state index >= 15 is 0 Å². The van der Waals surface area contributed by atoms with E-state index in [1.807, 2.05) is 0 Å². The number of amides is 1. The lowest BCUT2D eigenvalue weighted by Gasteiger charge is -2.20. The fraction of sp³-hybridized carbons (Fsp3) is 0.500. The Morgan fingerprint density at radius 3 is 2.52 bits per heavy atom. The maximum atomic E-state index is 12.0. The van der Waals surface area contributed by atoms with Crippen molar-refractivity contribution in [2.24, 2.45) is 5.92 Å². The average Bonchev–Trinajstić information content (AvgIpc) is 2.38. The molecule has 0 aliphatic heterocycles. The normalized spacial score (nSPS) is 16.7. The highest BCUT2D eigenvalue weighted by Gasteiger charge is 2.18. The van der Waals surface area contributed by atoms with Gasteiger partial charge in [-0.05, 0) is 52.9 Å². The van der Waals surface area contributed by atoms with Gasteiger partial charge in [0.1, 0.15) is 0 Å². The summed E-state index contributed by atoms with van der Waals surface area (Å²) in [6, 6.07) is 4.47. The fourth-order valence-corrected chi connectivity index (χ4v) is 4.87. The van der Waals surface area contributed by atoms with Crippen molar-refractivity contribution < 1.29 is 13.2 Å². The highest BCUT2D eigenvalue weighted by molar-refractivity contribution is 9.10. The van der Waals surface area contributed by atoms with Crippen molar-refractivity contribution in [2.75, 3.05) is 5.32 Å². The van der Waals surface area contributed by atoms with Gasteiger partial charge in [0.15, 0.2) is 0 Å². The lowest BCUT2D eigenvalue weighted by Crippen LogP contribution is -2.18. The van der Waals surface area contributed by atoms with Crippen LogP contribution in [0.5, 0.6) is 0 Å². The number of carbonyl (C=O) groups excluding carboxylic acids is 1. The van der Waals surface area contributed by atoms with Gasteiger partial charge in [0, 0.05) is 27.3 Å². The molecule has 0 atom stereocenters. The SMILES string of the molecule is O=C(CC1CCCCC1)Nc1ccc(S(=O)(=O)Cl)c(Br)c1. The standard InChI is InChI=1S/C14H17BrClNO3S/c15-12-9-11(6-7-13(12)21(16,19)20)17-14(18)8-10-4-2-1-3-5-10/h6-7,9-10H,1-5,8H2,(H,17,18). The van der Waals surface area contributed by atoms with Crippen molar-refractivity contribution >= 4 is 47.3 Å². The Bertz CT molecular complexity index is 627. The van der Waals surface area contributed by atoms with Crippen molar-refractivity contribution in [1.82, 2.24) is 0 Å². The molecule has 116 valence electrons. The van der Waals surface area contributed by atoms with Gasteiger partial charge >= 0.3 is 0 Å². The smallest absolute Gasteiger partial charge is 0.262 e. The number of hydrogen-bond donors (Lipinski definition) is 1. The summed E-state index contributed by atoms with van der Waals surface area (Å²) in [6.45, 7) is 0. The van der Waals surface area contributed by atoms with E-state index in [2.05, 4.69) is 21.2 Å². The Morgan fingerprint density at radius 2 is 1.95 bits per heavy atom. The van der Waals surface area contributed by atoms with Crippen LogP contribution in [-0.2, 0) is 13.8 Å². The largest absolute Gasteiger partial charge is 0.326 e. The predicted octanol–water partition coefficient (Wildman–Crippen LogP) is 4.29. The zero-order valence-electron chi connectivity index (χ0n) is 11.4. The quantitative estimate of drug-likeness (QED) is 0.775. The minimum Gasteiger partial charge on any atom is -0.326 e. The van der Waals surface area contributed by atoms with Gasteiger partial charge in [-0.25, -0.2) is 8.42 Å². The van der Waals surface area contributed by atoms with Gasteiger partial charge in [0.25, 0.3) is 9.05 Å². The molecule has 0 radical (unpaired) electrons. The van der Waals surface area contributed by atoms with Crippen LogP contribution in [0.25, 0.3) is 0 Å². The Balaban J connectivity index is 1.99. The lowest BCUT2D eigenvalue weighted by atomic mass is 9.87. The van der Waals surface area contributed by atoms with E-state index in [9.17, 15) is 13.2 Å². The van der Waals surface area contributed by atoms with Crippen molar-refractivity contribution in [1.29, 1.82) is 0 Å². The molecule has 0 heterocycles. The minimum absolute atomic E-state index is 0.00514. The lowest BCUT2D eigenvalue weighted by molar-refractivity contribution is -0.117. The Kier molecular flexibility index (Phi) is 5.68. The first-order valence-electron chi connectivity index (χ1n) is 6.90. The number of nitrogens with one attached hydrogen (secondary N) is 1. The van der Waals surface area contributed by atoms with Crippen molar-refractivity contribution in [3.8, 4) is 0 Å². The van der Waals surface area contributed by atoms with E-state index in [1.165, 1.54) is 25.3 Å². The van der Waals surface area contributed by atoms with Crippen LogP contribution in [0.3, 0.4) is 0 Å². The molecule has 0 bridgehead atoms. The number of rotatable bonds is 4. The fourth-order valence-electron chi connectivity index (χ4n) is 2.64. The average molecular weight is 395 g/mol. The maximum absolute atomic E-state index is 12.0. The molecule has 1 N–H and O–H groups in total. The molecule has 0 saturated heterocycles. The van der Waals surface area contributed by atoms with E-state index in [-0.39, 0.29) is 10.8 Å². The summed E-state index contributed by atoms with van der Waals surface area (Å²) in [5, 5.41) is 2.80. The van der Waals surface area contributed by atoms with Crippen LogP contribution in [0.4, 0.5) is 5.69 Å². The topological polar surface area (TPSA) is 63.2 Å². The van der Waals surface area contributed by atoms with Crippen LogP contribution < -0.4 is 5.32 Å². The van der Waals surface area contributed by atoms with E-state index < -0.39 is 9.05 Å². The molecule has 7 heteroatoms. The van der Waals surface area contributed by atoms with Crippen LogP contribution in [0.15, 0.2) is 27.6 Å². The summed E-state index contributed by atoms with van der Waals surface area (Å²) < 4.78 is 22.9. The zero-order valence-corrected chi connectivity index (χ0v) is 14.6. The summed E-state index contributed by atoms with van der Waals surface area (Å²) in [6.07, 6.45) is 6.41. The molecule has 1 aromatic rings. The summed E-state index contributed by atoms with van der Waals surface area (Å²) in [5.74, 6) is 0.431.